The maximum absolute atomic E-state index is 12.4. The second kappa shape index (κ2) is 9.39. The van der Waals surface area contributed by atoms with E-state index in [0.717, 1.165) is 10.5 Å². The zero-order valence-electron chi connectivity index (χ0n) is 15.1. The number of halogens is 1. The van der Waals surface area contributed by atoms with Crippen LogP contribution in [0.5, 0.6) is 0 Å². The fourth-order valence-corrected chi connectivity index (χ4v) is 3.33. The van der Waals surface area contributed by atoms with Crippen LogP contribution in [0.15, 0.2) is 71.8 Å². The lowest BCUT2D eigenvalue weighted by Gasteiger charge is -2.09. The Bertz CT molecular complexity index is 993. The van der Waals surface area contributed by atoms with Gasteiger partial charge in [-0.1, -0.05) is 35.9 Å². The second-order valence-electron chi connectivity index (χ2n) is 6.00. The molecule has 7 heteroatoms. The van der Waals surface area contributed by atoms with Crippen LogP contribution in [0.3, 0.4) is 0 Å². The Hall–Kier alpha value is -2.83. The zero-order valence-corrected chi connectivity index (χ0v) is 16.7. The summed E-state index contributed by atoms with van der Waals surface area (Å²) in [4.78, 5) is 29.4. The van der Waals surface area contributed by atoms with E-state index in [0.29, 0.717) is 22.1 Å². The van der Waals surface area contributed by atoms with Crippen molar-refractivity contribution in [3.8, 4) is 0 Å². The van der Waals surface area contributed by atoms with Crippen molar-refractivity contribution in [1.29, 1.82) is 0 Å². The van der Waals surface area contributed by atoms with Gasteiger partial charge in [0, 0.05) is 22.3 Å². The van der Waals surface area contributed by atoms with Gasteiger partial charge in [-0.2, -0.15) is 0 Å². The van der Waals surface area contributed by atoms with Gasteiger partial charge in [0.05, 0.1) is 10.8 Å². The monoisotopic (exact) mass is 411 g/mol. The first-order valence-corrected chi connectivity index (χ1v) is 9.89. The van der Waals surface area contributed by atoms with Crippen LogP contribution in [-0.2, 0) is 4.79 Å². The Morgan fingerprint density at radius 1 is 1.04 bits per heavy atom. The lowest BCUT2D eigenvalue weighted by molar-refractivity contribution is -0.113. The number of aryl methyl sites for hydroxylation is 1. The summed E-state index contributed by atoms with van der Waals surface area (Å²) in [6.45, 7) is 1.90. The molecule has 0 saturated heterocycles. The number of carbonyl (C=O) groups is 2. The van der Waals surface area contributed by atoms with Crippen LogP contribution in [0.25, 0.3) is 0 Å². The molecule has 0 aliphatic carbocycles. The number of carbonyl (C=O) groups excluding carboxylic acids is 2. The summed E-state index contributed by atoms with van der Waals surface area (Å²) in [5.74, 6) is 0.342. The summed E-state index contributed by atoms with van der Waals surface area (Å²) in [7, 11) is 0. The predicted octanol–water partition coefficient (Wildman–Crippen LogP) is 5.03. The van der Waals surface area contributed by atoms with E-state index in [1.54, 1.807) is 18.2 Å². The first-order chi connectivity index (χ1) is 13.5. The van der Waals surface area contributed by atoms with Crippen LogP contribution >= 0.6 is 23.4 Å². The molecule has 0 atom stereocenters. The third-order valence-electron chi connectivity index (χ3n) is 3.85. The third-order valence-corrected chi connectivity index (χ3v) is 5.06. The van der Waals surface area contributed by atoms with Crippen molar-refractivity contribution in [2.24, 2.45) is 0 Å². The minimum atomic E-state index is -0.172. The Morgan fingerprint density at radius 2 is 1.86 bits per heavy atom. The highest BCUT2D eigenvalue weighted by Gasteiger charge is 2.09. The number of anilines is 2. The van der Waals surface area contributed by atoms with Crippen LogP contribution in [0.4, 0.5) is 11.5 Å². The number of nitrogens with zero attached hydrogens (tertiary/aromatic N) is 1. The molecule has 0 spiro atoms. The third kappa shape index (κ3) is 5.58. The van der Waals surface area contributed by atoms with Crippen LogP contribution < -0.4 is 10.6 Å². The molecule has 142 valence electrons. The highest BCUT2D eigenvalue weighted by atomic mass is 35.5. The molecule has 0 radical (unpaired) electrons. The Labute approximate surface area is 172 Å². The zero-order chi connectivity index (χ0) is 19.9. The first-order valence-electron chi connectivity index (χ1n) is 8.52. The van der Waals surface area contributed by atoms with Gasteiger partial charge in [0.2, 0.25) is 5.91 Å². The van der Waals surface area contributed by atoms with Crippen molar-refractivity contribution < 1.29 is 9.59 Å². The van der Waals surface area contributed by atoms with E-state index in [1.807, 2.05) is 49.4 Å². The molecule has 0 aliphatic heterocycles. The van der Waals surface area contributed by atoms with Crippen molar-refractivity contribution >= 4 is 46.7 Å². The van der Waals surface area contributed by atoms with Crippen LogP contribution in [0.1, 0.15) is 15.9 Å². The molecule has 0 saturated carbocycles. The molecule has 2 N–H and O–H groups in total. The molecule has 2 amide bonds. The van der Waals surface area contributed by atoms with E-state index >= 15 is 0 Å². The van der Waals surface area contributed by atoms with Crippen molar-refractivity contribution in [2.75, 3.05) is 16.4 Å². The van der Waals surface area contributed by atoms with E-state index in [-0.39, 0.29) is 17.6 Å². The molecule has 0 unspecified atom stereocenters. The highest BCUT2D eigenvalue weighted by molar-refractivity contribution is 8.00. The van der Waals surface area contributed by atoms with Gasteiger partial charge in [-0.05, 0) is 48.9 Å². The minimum Gasteiger partial charge on any atom is -0.322 e. The molecule has 2 aromatic carbocycles. The smallest absolute Gasteiger partial charge is 0.255 e. The summed E-state index contributed by atoms with van der Waals surface area (Å²) in [5, 5.41) is 6.12. The first kappa shape index (κ1) is 19.9. The molecule has 1 aromatic heterocycles. The number of amides is 2. The van der Waals surface area contributed by atoms with E-state index in [4.69, 9.17) is 11.6 Å². The summed E-state index contributed by atoms with van der Waals surface area (Å²) in [6.07, 6.45) is 1.48. The Morgan fingerprint density at radius 3 is 2.61 bits per heavy atom. The van der Waals surface area contributed by atoms with Gasteiger partial charge in [0.15, 0.2) is 0 Å². The fourth-order valence-electron chi connectivity index (χ4n) is 2.47. The average molecular weight is 412 g/mol. The van der Waals surface area contributed by atoms with Crippen molar-refractivity contribution in [3.05, 3.63) is 83.0 Å². The molecule has 3 rings (SSSR count). The fraction of sp³-hybridized carbons (Fsp3) is 0.0952. The molecule has 3 aromatic rings. The maximum atomic E-state index is 12.4. The van der Waals surface area contributed by atoms with Crippen molar-refractivity contribution in [2.45, 2.75) is 11.8 Å². The van der Waals surface area contributed by atoms with Gasteiger partial charge in [-0.15, -0.1) is 11.8 Å². The van der Waals surface area contributed by atoms with Crippen molar-refractivity contribution in [1.82, 2.24) is 4.98 Å². The van der Waals surface area contributed by atoms with E-state index in [2.05, 4.69) is 15.6 Å². The second-order valence-corrected chi connectivity index (χ2v) is 7.48. The molecule has 0 bridgehead atoms. The molecule has 5 nitrogen and oxygen atoms in total. The Balaban J connectivity index is 1.57. The van der Waals surface area contributed by atoms with E-state index in [9.17, 15) is 9.59 Å². The van der Waals surface area contributed by atoms with Crippen molar-refractivity contribution in [3.63, 3.8) is 0 Å². The topological polar surface area (TPSA) is 71.1 Å². The number of aromatic nitrogens is 1. The highest BCUT2D eigenvalue weighted by Crippen LogP contribution is 2.22. The minimum absolute atomic E-state index is 0.160. The van der Waals surface area contributed by atoms with Gasteiger partial charge in [0.25, 0.3) is 5.91 Å². The van der Waals surface area contributed by atoms with E-state index in [1.165, 1.54) is 18.0 Å². The maximum Gasteiger partial charge on any atom is 0.255 e. The summed E-state index contributed by atoms with van der Waals surface area (Å²) < 4.78 is 0. The molecule has 0 aliphatic rings. The van der Waals surface area contributed by atoms with Gasteiger partial charge in [0.1, 0.15) is 5.82 Å². The largest absolute Gasteiger partial charge is 0.322 e. The number of benzene rings is 2. The number of pyridine rings is 1. The number of hydrogen-bond acceptors (Lipinski definition) is 4. The van der Waals surface area contributed by atoms with Crippen LogP contribution in [0, 0.1) is 6.92 Å². The number of hydrogen-bond donors (Lipinski definition) is 2. The molecular weight excluding hydrogens is 394 g/mol. The molecular formula is C21H18ClN3O2S. The summed E-state index contributed by atoms with van der Waals surface area (Å²) >= 11 is 7.15. The Kier molecular flexibility index (Phi) is 6.68. The van der Waals surface area contributed by atoms with Crippen LogP contribution in [-0.4, -0.2) is 22.6 Å². The predicted molar refractivity (Wildman–Crippen MR) is 114 cm³/mol. The van der Waals surface area contributed by atoms with Gasteiger partial charge in [-0.25, -0.2) is 4.98 Å². The van der Waals surface area contributed by atoms with Gasteiger partial charge in [-0.3, -0.25) is 9.59 Å². The van der Waals surface area contributed by atoms with E-state index < -0.39 is 0 Å². The number of thioether (sulfide) groups is 1. The summed E-state index contributed by atoms with van der Waals surface area (Å²) in [6, 6.07) is 18.1. The quantitative estimate of drug-likeness (QED) is 0.558. The normalized spacial score (nSPS) is 10.4. The summed E-state index contributed by atoms with van der Waals surface area (Å²) in [5.41, 5.74) is 2.23. The van der Waals surface area contributed by atoms with Gasteiger partial charge >= 0.3 is 0 Å². The lowest BCUT2D eigenvalue weighted by atomic mass is 10.1. The average Bonchev–Trinajstić information content (AvgIpc) is 2.69. The SMILES string of the molecule is Cc1ccccc1C(=O)Nc1cccc(SCC(=O)Nc2ccc(Cl)cn2)c1. The molecule has 1 heterocycles. The molecule has 28 heavy (non-hydrogen) atoms. The lowest BCUT2D eigenvalue weighted by Crippen LogP contribution is -2.15. The number of rotatable bonds is 6. The standard InChI is InChI=1S/C21H18ClN3O2S/c1-14-5-2-3-8-18(14)21(27)24-16-6-4-7-17(11-16)28-13-20(26)25-19-10-9-15(22)12-23-19/h2-12H,13H2,1H3,(H,24,27)(H,23,25,26). The molecule has 0 fully saturated rings. The van der Waals surface area contributed by atoms with Crippen LogP contribution in [0.2, 0.25) is 5.02 Å². The van der Waals surface area contributed by atoms with Gasteiger partial charge < -0.3 is 10.6 Å². The number of nitrogens with one attached hydrogen (secondary N) is 2.